The van der Waals surface area contributed by atoms with Crippen molar-refractivity contribution in [1.29, 1.82) is 0 Å². The van der Waals surface area contributed by atoms with E-state index >= 15 is 0 Å². The number of para-hydroxylation sites is 1. The molecule has 0 atom stereocenters. The number of hydrogen-bond donors (Lipinski definition) is 2. The molecule has 2 N–H and O–H groups in total. The lowest BCUT2D eigenvalue weighted by molar-refractivity contribution is -0.119. The van der Waals surface area contributed by atoms with Crippen LogP contribution < -0.4 is 10.2 Å². The first-order chi connectivity index (χ1) is 7.81. The van der Waals surface area contributed by atoms with Crippen LogP contribution in [0.1, 0.15) is 5.56 Å². The van der Waals surface area contributed by atoms with Gasteiger partial charge in [0.2, 0.25) is 5.91 Å². The fourth-order valence-electron chi connectivity index (χ4n) is 2.00. The third-order valence-electron chi connectivity index (χ3n) is 2.75. The molecule has 0 aromatic heterocycles. The van der Waals surface area contributed by atoms with Gasteiger partial charge in [0, 0.05) is 18.8 Å². The van der Waals surface area contributed by atoms with Crippen LogP contribution in [0.3, 0.4) is 0 Å². The number of aliphatic hydroxyl groups excluding tert-OH is 1. The largest absolute Gasteiger partial charge is 0.395 e. The zero-order valence-electron chi connectivity index (χ0n) is 9.15. The van der Waals surface area contributed by atoms with E-state index in [9.17, 15) is 4.79 Å². The predicted molar refractivity (Wildman–Crippen MR) is 62.5 cm³/mol. The number of carbonyl (C=O) groups excluding carboxylic acids is 1. The molecule has 0 radical (unpaired) electrons. The van der Waals surface area contributed by atoms with Gasteiger partial charge in [0.15, 0.2) is 0 Å². The van der Waals surface area contributed by atoms with E-state index in [2.05, 4.69) is 16.3 Å². The summed E-state index contributed by atoms with van der Waals surface area (Å²) in [7, 11) is 0. The normalized spacial score (nSPS) is 13.7. The van der Waals surface area contributed by atoms with Crippen LogP contribution in [0.5, 0.6) is 0 Å². The fourth-order valence-corrected chi connectivity index (χ4v) is 2.00. The van der Waals surface area contributed by atoms with E-state index in [0.717, 1.165) is 18.7 Å². The number of aliphatic hydroxyl groups is 1. The first-order valence-corrected chi connectivity index (χ1v) is 5.51. The Labute approximate surface area is 94.9 Å². The highest BCUT2D eigenvalue weighted by atomic mass is 16.3. The van der Waals surface area contributed by atoms with Crippen LogP contribution in [0.4, 0.5) is 5.69 Å². The van der Waals surface area contributed by atoms with Crippen molar-refractivity contribution in [2.75, 3.05) is 31.1 Å². The molecule has 1 heterocycles. The van der Waals surface area contributed by atoms with Crippen LogP contribution >= 0.6 is 0 Å². The van der Waals surface area contributed by atoms with E-state index in [1.54, 1.807) is 0 Å². The summed E-state index contributed by atoms with van der Waals surface area (Å²) >= 11 is 0. The molecule has 0 saturated carbocycles. The summed E-state index contributed by atoms with van der Waals surface area (Å²) in [6, 6.07) is 8.15. The van der Waals surface area contributed by atoms with Crippen molar-refractivity contribution in [1.82, 2.24) is 5.32 Å². The Kier molecular flexibility index (Phi) is 3.41. The molecule has 1 aliphatic heterocycles. The van der Waals surface area contributed by atoms with Crippen LogP contribution in [0.25, 0.3) is 0 Å². The van der Waals surface area contributed by atoms with Crippen LogP contribution in [-0.4, -0.2) is 37.3 Å². The number of nitrogens with zero attached hydrogens (tertiary/aromatic N) is 1. The lowest BCUT2D eigenvalue weighted by Gasteiger charge is -2.18. The minimum Gasteiger partial charge on any atom is -0.395 e. The third kappa shape index (κ3) is 2.33. The minimum absolute atomic E-state index is 0.0116. The number of carbonyl (C=O) groups is 1. The summed E-state index contributed by atoms with van der Waals surface area (Å²) in [6.45, 7) is 1.58. The molecule has 0 aliphatic carbocycles. The maximum Gasteiger partial charge on any atom is 0.239 e. The monoisotopic (exact) mass is 220 g/mol. The Morgan fingerprint density at radius 3 is 3.06 bits per heavy atom. The Hall–Kier alpha value is -1.55. The number of nitrogens with one attached hydrogen (secondary N) is 1. The van der Waals surface area contributed by atoms with Gasteiger partial charge in [0.05, 0.1) is 13.2 Å². The molecular weight excluding hydrogens is 204 g/mol. The molecule has 0 unspecified atom stereocenters. The molecule has 1 aliphatic rings. The SMILES string of the molecule is O=C(CN1CCc2ccccc21)NCCO. The van der Waals surface area contributed by atoms with Gasteiger partial charge in [-0.1, -0.05) is 18.2 Å². The van der Waals surface area contributed by atoms with Crippen molar-refractivity contribution in [3.8, 4) is 0 Å². The molecule has 1 amide bonds. The summed E-state index contributed by atoms with van der Waals surface area (Å²) in [6.07, 6.45) is 1.00. The summed E-state index contributed by atoms with van der Waals surface area (Å²) in [5.41, 5.74) is 2.46. The zero-order valence-corrected chi connectivity index (χ0v) is 9.15. The fraction of sp³-hybridized carbons (Fsp3) is 0.417. The molecule has 86 valence electrons. The van der Waals surface area contributed by atoms with Gasteiger partial charge < -0.3 is 15.3 Å². The Morgan fingerprint density at radius 2 is 2.25 bits per heavy atom. The Morgan fingerprint density at radius 1 is 1.44 bits per heavy atom. The predicted octanol–water partition coefficient (Wildman–Crippen LogP) is 0.158. The van der Waals surface area contributed by atoms with Gasteiger partial charge in [-0.25, -0.2) is 0 Å². The maximum atomic E-state index is 11.5. The number of amides is 1. The van der Waals surface area contributed by atoms with Gasteiger partial charge >= 0.3 is 0 Å². The molecule has 4 nitrogen and oxygen atoms in total. The average Bonchev–Trinajstić information content (AvgIpc) is 2.70. The Bertz CT molecular complexity index is 379. The van der Waals surface area contributed by atoms with Crippen molar-refractivity contribution in [2.45, 2.75) is 6.42 Å². The van der Waals surface area contributed by atoms with Gasteiger partial charge in [-0.2, -0.15) is 0 Å². The maximum absolute atomic E-state index is 11.5. The highest BCUT2D eigenvalue weighted by molar-refractivity contribution is 5.82. The van der Waals surface area contributed by atoms with E-state index in [-0.39, 0.29) is 12.5 Å². The van der Waals surface area contributed by atoms with Crippen molar-refractivity contribution < 1.29 is 9.90 Å². The van der Waals surface area contributed by atoms with Crippen LogP contribution in [-0.2, 0) is 11.2 Å². The standard InChI is InChI=1S/C12H16N2O2/c15-8-6-13-12(16)9-14-7-5-10-3-1-2-4-11(10)14/h1-4,15H,5-9H2,(H,13,16). The van der Waals surface area contributed by atoms with E-state index < -0.39 is 0 Å². The highest BCUT2D eigenvalue weighted by Gasteiger charge is 2.19. The van der Waals surface area contributed by atoms with Crippen LogP contribution in [0.2, 0.25) is 0 Å². The van der Waals surface area contributed by atoms with E-state index in [1.807, 2.05) is 18.2 Å². The molecule has 1 aromatic carbocycles. The molecule has 0 fully saturated rings. The van der Waals surface area contributed by atoms with Crippen molar-refractivity contribution in [3.05, 3.63) is 29.8 Å². The minimum atomic E-state index is -0.0363. The third-order valence-corrected chi connectivity index (χ3v) is 2.75. The second-order valence-corrected chi connectivity index (χ2v) is 3.87. The summed E-state index contributed by atoms with van der Waals surface area (Å²) < 4.78 is 0. The summed E-state index contributed by atoms with van der Waals surface area (Å²) in [5, 5.41) is 11.3. The quantitative estimate of drug-likeness (QED) is 0.760. The van der Waals surface area contributed by atoms with E-state index in [0.29, 0.717) is 13.1 Å². The van der Waals surface area contributed by atoms with Crippen LogP contribution in [0.15, 0.2) is 24.3 Å². The lowest BCUT2D eigenvalue weighted by atomic mass is 10.2. The first kappa shape index (κ1) is 11.0. The number of benzene rings is 1. The number of rotatable bonds is 4. The molecule has 2 rings (SSSR count). The molecule has 4 heteroatoms. The topological polar surface area (TPSA) is 52.6 Å². The number of hydrogen-bond acceptors (Lipinski definition) is 3. The molecular formula is C12H16N2O2. The lowest BCUT2D eigenvalue weighted by Crippen LogP contribution is -2.37. The number of anilines is 1. The van der Waals surface area contributed by atoms with Gasteiger partial charge in [-0.05, 0) is 18.1 Å². The summed E-state index contributed by atoms with van der Waals surface area (Å²) in [5.74, 6) is -0.0363. The molecule has 16 heavy (non-hydrogen) atoms. The molecule has 0 bridgehead atoms. The molecule has 0 saturated heterocycles. The molecule has 0 spiro atoms. The second kappa shape index (κ2) is 4.99. The van der Waals surface area contributed by atoms with Gasteiger partial charge in [-0.3, -0.25) is 4.79 Å². The highest BCUT2D eigenvalue weighted by Crippen LogP contribution is 2.26. The smallest absolute Gasteiger partial charge is 0.239 e. The van der Waals surface area contributed by atoms with E-state index in [1.165, 1.54) is 5.56 Å². The first-order valence-electron chi connectivity index (χ1n) is 5.51. The average molecular weight is 220 g/mol. The second-order valence-electron chi connectivity index (χ2n) is 3.87. The summed E-state index contributed by atoms with van der Waals surface area (Å²) in [4.78, 5) is 13.6. The van der Waals surface area contributed by atoms with Gasteiger partial charge in [0.25, 0.3) is 0 Å². The van der Waals surface area contributed by atoms with Crippen molar-refractivity contribution >= 4 is 11.6 Å². The molecule has 1 aromatic rings. The van der Waals surface area contributed by atoms with Crippen LogP contribution in [0, 0.1) is 0 Å². The van der Waals surface area contributed by atoms with E-state index in [4.69, 9.17) is 5.11 Å². The Balaban J connectivity index is 1.95. The van der Waals surface area contributed by atoms with Gasteiger partial charge in [-0.15, -0.1) is 0 Å². The van der Waals surface area contributed by atoms with Crippen molar-refractivity contribution in [3.63, 3.8) is 0 Å². The zero-order chi connectivity index (χ0) is 11.4. The number of fused-ring (bicyclic) bond motifs is 1. The van der Waals surface area contributed by atoms with Crippen molar-refractivity contribution in [2.24, 2.45) is 0 Å². The van der Waals surface area contributed by atoms with Gasteiger partial charge in [0.1, 0.15) is 0 Å².